The number of aryl methyl sites for hydroxylation is 1. The van der Waals surface area contributed by atoms with E-state index in [1.807, 2.05) is 31.2 Å². The lowest BCUT2D eigenvalue weighted by molar-refractivity contribution is 0.104. The highest BCUT2D eigenvalue weighted by molar-refractivity contribution is 6.14. The van der Waals surface area contributed by atoms with Crippen LogP contribution >= 0.6 is 0 Å². The number of aromatic nitrogens is 3. The topological polar surface area (TPSA) is 58.6 Å². The highest BCUT2D eigenvalue weighted by Crippen LogP contribution is 2.17. The Morgan fingerprint density at radius 2 is 2.05 bits per heavy atom. The van der Waals surface area contributed by atoms with Crippen molar-refractivity contribution in [2.24, 2.45) is 0 Å². The van der Waals surface area contributed by atoms with E-state index in [0.29, 0.717) is 5.56 Å². The summed E-state index contributed by atoms with van der Waals surface area (Å²) in [5.41, 5.74) is 3.19. The standard InChI is InChI=1S/C16H13N3O/c1-11-14(19-10-18-11)6-7-16(20)13-8-9-17-15-5-3-2-4-12(13)15/h2-10H,1H3,(H,18,19). The summed E-state index contributed by atoms with van der Waals surface area (Å²) in [6, 6.07) is 9.36. The number of hydrogen-bond donors (Lipinski definition) is 1. The first kappa shape index (κ1) is 12.3. The van der Waals surface area contributed by atoms with E-state index in [9.17, 15) is 4.79 Å². The Kier molecular flexibility index (Phi) is 3.13. The Hall–Kier alpha value is -2.75. The molecule has 0 aliphatic carbocycles. The minimum atomic E-state index is -0.0500. The summed E-state index contributed by atoms with van der Waals surface area (Å²) in [6.45, 7) is 1.92. The molecule has 0 amide bonds. The number of imidazole rings is 1. The average Bonchev–Trinajstić information content (AvgIpc) is 2.89. The lowest BCUT2D eigenvalue weighted by Crippen LogP contribution is -1.96. The van der Waals surface area contributed by atoms with Gasteiger partial charge in [-0.15, -0.1) is 0 Å². The minimum absolute atomic E-state index is 0.0500. The van der Waals surface area contributed by atoms with Gasteiger partial charge in [-0.2, -0.15) is 0 Å². The van der Waals surface area contributed by atoms with E-state index in [2.05, 4.69) is 15.0 Å². The molecule has 20 heavy (non-hydrogen) atoms. The molecule has 4 heteroatoms. The Morgan fingerprint density at radius 1 is 1.20 bits per heavy atom. The van der Waals surface area contributed by atoms with Gasteiger partial charge in [-0.3, -0.25) is 9.78 Å². The van der Waals surface area contributed by atoms with Crippen molar-refractivity contribution in [2.75, 3.05) is 0 Å². The zero-order valence-electron chi connectivity index (χ0n) is 11.0. The number of carbonyl (C=O) groups excluding carboxylic acids is 1. The number of H-pyrrole nitrogens is 1. The Bertz CT molecular complexity index is 797. The Morgan fingerprint density at radius 3 is 2.85 bits per heavy atom. The molecule has 0 aliphatic heterocycles. The van der Waals surface area contributed by atoms with Crippen molar-refractivity contribution in [2.45, 2.75) is 6.92 Å². The van der Waals surface area contributed by atoms with Crippen LogP contribution in [-0.4, -0.2) is 20.7 Å². The molecule has 1 N–H and O–H groups in total. The number of aromatic amines is 1. The van der Waals surface area contributed by atoms with Crippen molar-refractivity contribution in [3.63, 3.8) is 0 Å². The SMILES string of the molecule is Cc1[nH]cnc1C=CC(=O)c1ccnc2ccccc12. The van der Waals surface area contributed by atoms with Crippen LogP contribution in [0, 0.1) is 6.92 Å². The zero-order valence-corrected chi connectivity index (χ0v) is 11.0. The molecule has 4 nitrogen and oxygen atoms in total. The summed E-state index contributed by atoms with van der Waals surface area (Å²) < 4.78 is 0. The largest absolute Gasteiger partial charge is 0.348 e. The van der Waals surface area contributed by atoms with Crippen LogP contribution in [0.3, 0.4) is 0 Å². The molecule has 0 aliphatic rings. The van der Waals surface area contributed by atoms with E-state index >= 15 is 0 Å². The molecule has 0 bridgehead atoms. The number of fused-ring (bicyclic) bond motifs is 1. The van der Waals surface area contributed by atoms with Gasteiger partial charge in [0.25, 0.3) is 0 Å². The number of benzene rings is 1. The van der Waals surface area contributed by atoms with Crippen molar-refractivity contribution in [1.29, 1.82) is 0 Å². The summed E-state index contributed by atoms with van der Waals surface area (Å²) in [5.74, 6) is -0.0500. The van der Waals surface area contributed by atoms with Gasteiger partial charge in [-0.25, -0.2) is 4.98 Å². The first-order valence-electron chi connectivity index (χ1n) is 6.32. The molecule has 0 atom stereocenters. The van der Waals surface area contributed by atoms with Crippen LogP contribution in [0.25, 0.3) is 17.0 Å². The van der Waals surface area contributed by atoms with Crippen molar-refractivity contribution in [1.82, 2.24) is 15.0 Å². The molecule has 3 rings (SSSR count). The van der Waals surface area contributed by atoms with Crippen LogP contribution in [0.5, 0.6) is 0 Å². The quantitative estimate of drug-likeness (QED) is 0.583. The summed E-state index contributed by atoms with van der Waals surface area (Å²) in [6.07, 6.45) is 6.54. The van der Waals surface area contributed by atoms with Gasteiger partial charge in [0.15, 0.2) is 5.78 Å². The molecule has 3 aromatic rings. The molecular weight excluding hydrogens is 250 g/mol. The van der Waals surface area contributed by atoms with Gasteiger partial charge < -0.3 is 4.98 Å². The molecule has 98 valence electrons. The van der Waals surface area contributed by atoms with Gasteiger partial charge >= 0.3 is 0 Å². The van der Waals surface area contributed by atoms with Crippen LogP contribution in [0.15, 0.2) is 48.9 Å². The van der Waals surface area contributed by atoms with E-state index in [-0.39, 0.29) is 5.78 Å². The molecule has 0 fully saturated rings. The van der Waals surface area contributed by atoms with Gasteiger partial charge in [-0.1, -0.05) is 18.2 Å². The lowest BCUT2D eigenvalue weighted by atomic mass is 10.0. The fourth-order valence-electron chi connectivity index (χ4n) is 2.09. The maximum Gasteiger partial charge on any atom is 0.186 e. The van der Waals surface area contributed by atoms with Gasteiger partial charge in [-0.05, 0) is 31.2 Å². The smallest absolute Gasteiger partial charge is 0.186 e. The number of hydrogen-bond acceptors (Lipinski definition) is 3. The number of allylic oxidation sites excluding steroid dienone is 1. The van der Waals surface area contributed by atoms with Crippen LogP contribution in [-0.2, 0) is 0 Å². The van der Waals surface area contributed by atoms with Gasteiger partial charge in [0, 0.05) is 22.8 Å². The number of rotatable bonds is 3. The highest BCUT2D eigenvalue weighted by Gasteiger charge is 2.07. The third-order valence-corrected chi connectivity index (χ3v) is 3.18. The maximum absolute atomic E-state index is 12.3. The number of nitrogens with one attached hydrogen (secondary N) is 1. The third-order valence-electron chi connectivity index (χ3n) is 3.18. The molecule has 2 heterocycles. The molecule has 2 aromatic heterocycles. The molecule has 0 unspecified atom stereocenters. The number of nitrogens with zero attached hydrogens (tertiary/aromatic N) is 2. The molecule has 1 aromatic carbocycles. The van der Waals surface area contributed by atoms with Crippen LogP contribution in [0.4, 0.5) is 0 Å². The van der Waals surface area contributed by atoms with E-state index < -0.39 is 0 Å². The summed E-state index contributed by atoms with van der Waals surface area (Å²) in [4.78, 5) is 23.7. The highest BCUT2D eigenvalue weighted by atomic mass is 16.1. The fourth-order valence-corrected chi connectivity index (χ4v) is 2.09. The second kappa shape index (κ2) is 5.09. The number of para-hydroxylation sites is 1. The van der Waals surface area contributed by atoms with Crippen molar-refractivity contribution in [3.8, 4) is 0 Å². The van der Waals surface area contributed by atoms with Gasteiger partial charge in [0.05, 0.1) is 17.5 Å². The maximum atomic E-state index is 12.3. The van der Waals surface area contributed by atoms with E-state index in [0.717, 1.165) is 22.3 Å². The average molecular weight is 263 g/mol. The number of pyridine rings is 1. The fraction of sp³-hybridized carbons (Fsp3) is 0.0625. The van der Waals surface area contributed by atoms with Gasteiger partial charge in [0.2, 0.25) is 0 Å². The Balaban J connectivity index is 1.97. The Labute approximate surface area is 116 Å². The molecule has 0 saturated carbocycles. The zero-order chi connectivity index (χ0) is 13.9. The van der Waals surface area contributed by atoms with Gasteiger partial charge in [0.1, 0.15) is 0 Å². The molecule has 0 saturated heterocycles. The summed E-state index contributed by atoms with van der Waals surface area (Å²) in [5, 5.41) is 0.864. The first-order valence-corrected chi connectivity index (χ1v) is 6.32. The normalized spacial score (nSPS) is 11.2. The third kappa shape index (κ3) is 2.23. The van der Waals surface area contributed by atoms with E-state index in [1.54, 1.807) is 30.7 Å². The summed E-state index contributed by atoms with van der Waals surface area (Å²) >= 11 is 0. The predicted molar refractivity (Wildman–Crippen MR) is 78.4 cm³/mol. The molecule has 0 radical (unpaired) electrons. The minimum Gasteiger partial charge on any atom is -0.348 e. The van der Waals surface area contributed by atoms with Crippen LogP contribution < -0.4 is 0 Å². The van der Waals surface area contributed by atoms with Crippen molar-refractivity contribution < 1.29 is 4.79 Å². The lowest BCUT2D eigenvalue weighted by Gasteiger charge is -2.01. The second-order valence-corrected chi connectivity index (χ2v) is 4.49. The van der Waals surface area contributed by atoms with Crippen molar-refractivity contribution in [3.05, 3.63) is 65.9 Å². The number of carbonyl (C=O) groups is 1. The number of ketones is 1. The predicted octanol–water partition coefficient (Wildman–Crippen LogP) is 3.16. The summed E-state index contributed by atoms with van der Waals surface area (Å²) in [7, 11) is 0. The molecule has 0 spiro atoms. The molecular formula is C16H13N3O. The monoisotopic (exact) mass is 263 g/mol. The van der Waals surface area contributed by atoms with E-state index in [1.165, 1.54) is 0 Å². The van der Waals surface area contributed by atoms with E-state index in [4.69, 9.17) is 0 Å². The van der Waals surface area contributed by atoms with Crippen LogP contribution in [0.2, 0.25) is 0 Å². The second-order valence-electron chi connectivity index (χ2n) is 4.49. The van der Waals surface area contributed by atoms with Crippen LogP contribution in [0.1, 0.15) is 21.7 Å². The van der Waals surface area contributed by atoms with Crippen molar-refractivity contribution >= 4 is 22.8 Å². The first-order chi connectivity index (χ1) is 9.75.